The van der Waals surface area contributed by atoms with Gasteiger partial charge in [-0.05, 0) is 18.2 Å². The van der Waals surface area contributed by atoms with Crippen LogP contribution in [0.2, 0.25) is 0 Å². The normalized spacial score (nSPS) is 22.2. The first-order valence-electron chi connectivity index (χ1n) is 8.28. The van der Waals surface area contributed by atoms with Crippen LogP contribution in [0.5, 0.6) is 0 Å². The molecule has 0 spiro atoms. The van der Waals surface area contributed by atoms with E-state index in [1.807, 2.05) is 4.90 Å². The van der Waals surface area contributed by atoms with Crippen molar-refractivity contribution in [2.45, 2.75) is 12.1 Å². The van der Waals surface area contributed by atoms with E-state index in [2.05, 4.69) is 15.3 Å². The largest absolute Gasteiger partial charge is 0.372 e. The molecule has 2 aromatic rings. The van der Waals surface area contributed by atoms with E-state index in [1.54, 1.807) is 23.4 Å². The fourth-order valence-corrected chi connectivity index (χ4v) is 3.32. The van der Waals surface area contributed by atoms with Gasteiger partial charge in [0, 0.05) is 37.2 Å². The minimum absolute atomic E-state index is 0.0538. The van der Waals surface area contributed by atoms with Crippen molar-refractivity contribution in [3.63, 3.8) is 0 Å². The summed E-state index contributed by atoms with van der Waals surface area (Å²) in [5, 5.41) is 2.59. The first-order chi connectivity index (χ1) is 12.6. The number of anilines is 2. The second kappa shape index (κ2) is 6.83. The fraction of sp³-hybridized carbons (Fsp3) is 0.353. The van der Waals surface area contributed by atoms with Crippen LogP contribution in [0.3, 0.4) is 0 Å². The molecule has 1 N–H and O–H groups in total. The number of hydrogen-bond donors (Lipinski definition) is 1. The number of urea groups is 1. The summed E-state index contributed by atoms with van der Waals surface area (Å²) in [5.41, 5.74) is 0.202. The lowest BCUT2D eigenvalue weighted by Crippen LogP contribution is -2.51. The molecule has 3 heterocycles. The van der Waals surface area contributed by atoms with Crippen molar-refractivity contribution < 1.29 is 18.3 Å². The molecule has 2 atom stereocenters. The smallest absolute Gasteiger partial charge is 0.322 e. The van der Waals surface area contributed by atoms with Crippen LogP contribution >= 0.6 is 0 Å². The number of carbonyl (C=O) groups excluding carboxylic acids is 1. The molecule has 2 saturated heterocycles. The van der Waals surface area contributed by atoms with Gasteiger partial charge in [0.05, 0.1) is 25.3 Å². The Hall–Kier alpha value is -2.81. The maximum absolute atomic E-state index is 13.3. The summed E-state index contributed by atoms with van der Waals surface area (Å²) < 4.78 is 32.1. The van der Waals surface area contributed by atoms with Crippen molar-refractivity contribution >= 4 is 17.7 Å². The lowest BCUT2D eigenvalue weighted by molar-refractivity contribution is 0.0316. The van der Waals surface area contributed by atoms with E-state index in [9.17, 15) is 13.6 Å². The van der Waals surface area contributed by atoms with E-state index in [-0.39, 0.29) is 23.9 Å². The molecule has 2 aliphatic heterocycles. The van der Waals surface area contributed by atoms with Crippen LogP contribution in [-0.4, -0.2) is 59.3 Å². The molecular weight excluding hydrogens is 344 g/mol. The first kappa shape index (κ1) is 16.6. The number of amides is 2. The van der Waals surface area contributed by atoms with Gasteiger partial charge in [0.1, 0.15) is 0 Å². The van der Waals surface area contributed by atoms with Crippen LogP contribution in [0.15, 0.2) is 36.7 Å². The molecule has 2 aliphatic rings. The third kappa shape index (κ3) is 3.17. The van der Waals surface area contributed by atoms with Crippen molar-refractivity contribution in [1.82, 2.24) is 14.9 Å². The number of hydrogen-bond acceptors (Lipinski definition) is 5. The number of ether oxygens (including phenoxy) is 1. The summed E-state index contributed by atoms with van der Waals surface area (Å²) >= 11 is 0. The fourth-order valence-electron chi connectivity index (χ4n) is 3.32. The number of halogens is 2. The lowest BCUT2D eigenvalue weighted by atomic mass is 10.1. The lowest BCUT2D eigenvalue weighted by Gasteiger charge is -2.36. The second-order valence-electron chi connectivity index (χ2n) is 6.18. The molecule has 9 heteroatoms. The topological polar surface area (TPSA) is 70.6 Å². The van der Waals surface area contributed by atoms with E-state index in [0.29, 0.717) is 32.2 Å². The highest BCUT2D eigenvalue weighted by Gasteiger charge is 2.42. The summed E-state index contributed by atoms with van der Waals surface area (Å²) in [4.78, 5) is 24.7. The second-order valence-corrected chi connectivity index (χ2v) is 6.18. The molecule has 0 aliphatic carbocycles. The zero-order chi connectivity index (χ0) is 18.1. The predicted octanol–water partition coefficient (Wildman–Crippen LogP) is 1.88. The Labute approximate surface area is 148 Å². The molecule has 4 rings (SSSR count). The van der Waals surface area contributed by atoms with Crippen LogP contribution in [0, 0.1) is 11.6 Å². The summed E-state index contributed by atoms with van der Waals surface area (Å²) in [6, 6.07) is 4.56. The van der Waals surface area contributed by atoms with Crippen molar-refractivity contribution in [1.29, 1.82) is 0 Å². The van der Waals surface area contributed by atoms with Gasteiger partial charge in [-0.1, -0.05) is 0 Å². The monoisotopic (exact) mass is 361 g/mol. The quantitative estimate of drug-likeness (QED) is 0.884. The van der Waals surface area contributed by atoms with Gasteiger partial charge < -0.3 is 19.9 Å². The van der Waals surface area contributed by atoms with Crippen molar-refractivity contribution in [2.75, 3.05) is 36.5 Å². The number of morpholine rings is 1. The van der Waals surface area contributed by atoms with Gasteiger partial charge in [-0.2, -0.15) is 0 Å². The number of carbonyl (C=O) groups is 1. The van der Waals surface area contributed by atoms with Crippen molar-refractivity contribution in [3.8, 4) is 0 Å². The molecule has 2 amide bonds. The number of nitrogens with one attached hydrogen (secondary N) is 1. The Bertz CT molecular complexity index is 807. The molecule has 1 aromatic carbocycles. The number of nitrogens with zero attached hydrogens (tertiary/aromatic N) is 4. The van der Waals surface area contributed by atoms with Gasteiger partial charge >= 0.3 is 6.03 Å². The van der Waals surface area contributed by atoms with Gasteiger partial charge in [0.2, 0.25) is 5.95 Å². The molecular formula is C17H17F2N5O2. The molecule has 0 saturated carbocycles. The highest BCUT2D eigenvalue weighted by molar-refractivity contribution is 5.89. The van der Waals surface area contributed by atoms with Crippen LogP contribution in [0.4, 0.5) is 25.2 Å². The third-order valence-electron chi connectivity index (χ3n) is 4.57. The van der Waals surface area contributed by atoms with Gasteiger partial charge in [-0.15, -0.1) is 0 Å². The highest BCUT2D eigenvalue weighted by Crippen LogP contribution is 2.26. The van der Waals surface area contributed by atoms with E-state index < -0.39 is 11.6 Å². The minimum Gasteiger partial charge on any atom is -0.372 e. The minimum atomic E-state index is -1.01. The van der Waals surface area contributed by atoms with Crippen LogP contribution in [-0.2, 0) is 4.74 Å². The summed E-state index contributed by atoms with van der Waals surface area (Å²) in [6.45, 7) is 2.00. The summed E-state index contributed by atoms with van der Waals surface area (Å²) in [5.74, 6) is -1.36. The molecule has 0 bridgehead atoms. The van der Waals surface area contributed by atoms with E-state index in [4.69, 9.17) is 4.74 Å². The molecule has 2 fully saturated rings. The molecule has 0 unspecified atom stereocenters. The molecule has 7 nitrogen and oxygen atoms in total. The standard InChI is InChI=1S/C17H17F2N5O2/c18-12-3-2-11(8-13(12)19)22-17(25)23-9-14-15(10-23)26-7-6-24(14)16-20-4-1-5-21-16/h1-5,8,14-15H,6-7,9-10H2,(H,22,25)/t14-,15-/m0/s1. The maximum Gasteiger partial charge on any atom is 0.322 e. The zero-order valence-electron chi connectivity index (χ0n) is 13.8. The average Bonchev–Trinajstić information content (AvgIpc) is 3.10. The van der Waals surface area contributed by atoms with Crippen LogP contribution < -0.4 is 10.2 Å². The predicted molar refractivity (Wildman–Crippen MR) is 89.9 cm³/mol. The Morgan fingerprint density at radius 2 is 2.00 bits per heavy atom. The van der Waals surface area contributed by atoms with Crippen molar-refractivity contribution in [3.05, 3.63) is 48.3 Å². The van der Waals surface area contributed by atoms with Gasteiger partial charge in [0.25, 0.3) is 0 Å². The van der Waals surface area contributed by atoms with E-state index in [1.165, 1.54) is 6.07 Å². The number of fused-ring (bicyclic) bond motifs is 1. The summed E-state index contributed by atoms with van der Waals surface area (Å²) in [7, 11) is 0. The summed E-state index contributed by atoms with van der Waals surface area (Å²) in [6.07, 6.45) is 3.20. The van der Waals surface area contributed by atoms with E-state index in [0.717, 1.165) is 12.1 Å². The first-order valence-corrected chi connectivity index (χ1v) is 8.28. The Kier molecular flexibility index (Phi) is 4.37. The van der Waals surface area contributed by atoms with Crippen LogP contribution in [0.1, 0.15) is 0 Å². The van der Waals surface area contributed by atoms with E-state index >= 15 is 0 Å². The molecule has 26 heavy (non-hydrogen) atoms. The number of benzene rings is 1. The van der Waals surface area contributed by atoms with Gasteiger partial charge in [-0.25, -0.2) is 23.5 Å². The SMILES string of the molecule is O=C(Nc1ccc(F)c(F)c1)N1C[C@@H]2OCCN(c3ncccn3)[C@H]2C1. The Morgan fingerprint density at radius 3 is 2.77 bits per heavy atom. The van der Waals surface area contributed by atoms with Gasteiger partial charge in [-0.3, -0.25) is 0 Å². The van der Waals surface area contributed by atoms with Crippen molar-refractivity contribution in [2.24, 2.45) is 0 Å². The van der Waals surface area contributed by atoms with Gasteiger partial charge in [0.15, 0.2) is 11.6 Å². The zero-order valence-corrected chi connectivity index (χ0v) is 13.8. The van der Waals surface area contributed by atoms with Crippen LogP contribution in [0.25, 0.3) is 0 Å². The number of rotatable bonds is 2. The molecule has 136 valence electrons. The number of aromatic nitrogens is 2. The Balaban J connectivity index is 1.46. The maximum atomic E-state index is 13.3. The third-order valence-corrected chi connectivity index (χ3v) is 4.57. The molecule has 0 radical (unpaired) electrons. The molecule has 1 aromatic heterocycles. The average molecular weight is 361 g/mol. The highest BCUT2D eigenvalue weighted by atomic mass is 19.2. The number of likely N-dealkylation sites (tertiary alicyclic amines) is 1. The Morgan fingerprint density at radius 1 is 1.19 bits per heavy atom.